The Morgan fingerprint density at radius 3 is 2.31 bits per heavy atom. The van der Waals surface area contributed by atoms with Gasteiger partial charge in [-0.2, -0.15) is 0 Å². The lowest BCUT2D eigenvalue weighted by molar-refractivity contribution is 0.0914. The molecule has 26 heavy (non-hydrogen) atoms. The second kappa shape index (κ2) is 7.87. The van der Waals surface area contributed by atoms with Crippen molar-refractivity contribution in [3.8, 4) is 0 Å². The molecule has 0 atom stereocenters. The molecule has 0 spiro atoms. The van der Waals surface area contributed by atoms with E-state index >= 15 is 0 Å². The van der Waals surface area contributed by atoms with E-state index in [2.05, 4.69) is 50.4 Å². The molecular formula is C21H28N4O. The number of rotatable bonds is 4. The van der Waals surface area contributed by atoms with Gasteiger partial charge in [-0.25, -0.2) is 4.98 Å². The molecule has 0 unspecified atom stereocenters. The van der Waals surface area contributed by atoms with Crippen LogP contribution in [0.1, 0.15) is 36.8 Å². The first-order valence-corrected chi connectivity index (χ1v) is 9.20. The first-order valence-electron chi connectivity index (χ1n) is 9.20. The van der Waals surface area contributed by atoms with E-state index in [1.165, 1.54) is 5.56 Å². The third-order valence-electron chi connectivity index (χ3n) is 4.46. The van der Waals surface area contributed by atoms with Gasteiger partial charge < -0.3 is 10.2 Å². The first kappa shape index (κ1) is 18.4. The summed E-state index contributed by atoms with van der Waals surface area (Å²) in [6.07, 6.45) is 1.81. The molecule has 5 heteroatoms. The van der Waals surface area contributed by atoms with Crippen molar-refractivity contribution in [1.29, 1.82) is 0 Å². The first-order chi connectivity index (χ1) is 12.4. The van der Waals surface area contributed by atoms with E-state index in [-0.39, 0.29) is 11.4 Å². The van der Waals surface area contributed by atoms with E-state index in [1.54, 1.807) is 0 Å². The predicted molar refractivity (Wildman–Crippen MR) is 105 cm³/mol. The summed E-state index contributed by atoms with van der Waals surface area (Å²) >= 11 is 0. The number of benzene rings is 1. The molecule has 1 N–H and O–H groups in total. The smallest absolute Gasteiger partial charge is 0.270 e. The van der Waals surface area contributed by atoms with E-state index < -0.39 is 0 Å². The molecular weight excluding hydrogens is 324 g/mol. The van der Waals surface area contributed by atoms with E-state index in [4.69, 9.17) is 0 Å². The minimum Gasteiger partial charge on any atom is -0.368 e. The predicted octanol–water partition coefficient (Wildman–Crippen LogP) is 2.93. The second-order valence-corrected chi connectivity index (χ2v) is 7.85. The number of carbonyl (C=O) groups excluding carboxylic acids is 1. The van der Waals surface area contributed by atoms with Gasteiger partial charge in [0.25, 0.3) is 5.91 Å². The number of anilines is 1. The van der Waals surface area contributed by atoms with Crippen LogP contribution in [0.5, 0.6) is 0 Å². The Morgan fingerprint density at radius 1 is 1.04 bits per heavy atom. The molecule has 1 aliphatic heterocycles. The standard InChI is InChI=1S/C21H28N4O/c1-21(2,3)23-20(26)19-10-9-18(15-22-19)25-13-11-24(12-14-25)16-17-7-5-4-6-8-17/h4-10,15H,11-14,16H2,1-3H3,(H,23,26). The third kappa shape index (κ3) is 5.05. The summed E-state index contributed by atoms with van der Waals surface area (Å²) in [6.45, 7) is 10.9. The number of amides is 1. The molecule has 2 aromatic rings. The summed E-state index contributed by atoms with van der Waals surface area (Å²) in [6, 6.07) is 14.4. The topological polar surface area (TPSA) is 48.5 Å². The molecule has 0 radical (unpaired) electrons. The van der Waals surface area contributed by atoms with Crippen molar-refractivity contribution in [2.75, 3.05) is 31.1 Å². The highest BCUT2D eigenvalue weighted by Gasteiger charge is 2.19. The molecule has 138 valence electrons. The van der Waals surface area contributed by atoms with Gasteiger partial charge in [0.1, 0.15) is 5.69 Å². The van der Waals surface area contributed by atoms with E-state index in [1.807, 2.05) is 39.1 Å². The Kier molecular flexibility index (Phi) is 5.57. The minimum absolute atomic E-state index is 0.128. The molecule has 0 aliphatic carbocycles. The van der Waals surface area contributed by atoms with Crippen LogP contribution in [-0.4, -0.2) is 47.5 Å². The molecule has 1 saturated heterocycles. The average molecular weight is 352 g/mol. The van der Waals surface area contributed by atoms with Crippen LogP contribution in [0.2, 0.25) is 0 Å². The largest absolute Gasteiger partial charge is 0.368 e. The maximum atomic E-state index is 12.2. The Balaban J connectivity index is 1.54. The minimum atomic E-state index is -0.257. The monoisotopic (exact) mass is 352 g/mol. The average Bonchev–Trinajstić information content (AvgIpc) is 2.62. The number of aromatic nitrogens is 1. The van der Waals surface area contributed by atoms with Crippen LogP contribution in [0.15, 0.2) is 48.7 Å². The van der Waals surface area contributed by atoms with Gasteiger partial charge in [0.2, 0.25) is 0 Å². The number of pyridine rings is 1. The van der Waals surface area contributed by atoms with Crippen molar-refractivity contribution in [3.63, 3.8) is 0 Å². The van der Waals surface area contributed by atoms with Gasteiger partial charge in [0, 0.05) is 38.3 Å². The highest BCUT2D eigenvalue weighted by atomic mass is 16.2. The zero-order chi connectivity index (χ0) is 18.6. The highest BCUT2D eigenvalue weighted by molar-refractivity contribution is 5.92. The SMILES string of the molecule is CC(C)(C)NC(=O)c1ccc(N2CCN(Cc3ccccc3)CC2)cn1. The van der Waals surface area contributed by atoms with Crippen LogP contribution < -0.4 is 10.2 Å². The highest BCUT2D eigenvalue weighted by Crippen LogP contribution is 2.17. The Bertz CT molecular complexity index is 714. The van der Waals surface area contributed by atoms with Crippen molar-refractivity contribution in [3.05, 3.63) is 59.9 Å². The molecule has 1 fully saturated rings. The van der Waals surface area contributed by atoms with Gasteiger partial charge in [-0.05, 0) is 38.5 Å². The normalized spacial score (nSPS) is 15.7. The molecule has 2 heterocycles. The van der Waals surface area contributed by atoms with E-state index in [9.17, 15) is 4.79 Å². The van der Waals surface area contributed by atoms with Crippen LogP contribution in [0.4, 0.5) is 5.69 Å². The van der Waals surface area contributed by atoms with Gasteiger partial charge >= 0.3 is 0 Å². The lowest BCUT2D eigenvalue weighted by atomic mass is 10.1. The van der Waals surface area contributed by atoms with Gasteiger partial charge in [-0.15, -0.1) is 0 Å². The summed E-state index contributed by atoms with van der Waals surface area (Å²) in [4.78, 5) is 21.3. The van der Waals surface area contributed by atoms with Crippen molar-refractivity contribution in [2.24, 2.45) is 0 Å². The summed E-state index contributed by atoms with van der Waals surface area (Å²) in [5.41, 5.74) is 2.65. The van der Waals surface area contributed by atoms with Gasteiger partial charge in [-0.1, -0.05) is 30.3 Å². The van der Waals surface area contributed by atoms with Gasteiger partial charge in [0.15, 0.2) is 0 Å². The number of piperazine rings is 1. The Labute approximate surface area is 156 Å². The number of carbonyl (C=O) groups is 1. The molecule has 1 aromatic heterocycles. The molecule has 3 rings (SSSR count). The van der Waals surface area contributed by atoms with E-state index in [0.29, 0.717) is 5.69 Å². The van der Waals surface area contributed by atoms with Crippen LogP contribution >= 0.6 is 0 Å². The fourth-order valence-electron chi connectivity index (χ4n) is 3.12. The van der Waals surface area contributed by atoms with Gasteiger partial charge in [-0.3, -0.25) is 9.69 Å². The number of nitrogens with one attached hydrogen (secondary N) is 1. The van der Waals surface area contributed by atoms with Crippen LogP contribution in [0.25, 0.3) is 0 Å². The summed E-state index contributed by atoms with van der Waals surface area (Å²) < 4.78 is 0. The zero-order valence-corrected chi connectivity index (χ0v) is 15.9. The van der Waals surface area contributed by atoms with Crippen molar-refractivity contribution >= 4 is 11.6 Å². The fourth-order valence-corrected chi connectivity index (χ4v) is 3.12. The lowest BCUT2D eigenvalue weighted by Crippen LogP contribution is -2.46. The van der Waals surface area contributed by atoms with Crippen LogP contribution in [0.3, 0.4) is 0 Å². The maximum absolute atomic E-state index is 12.2. The Morgan fingerprint density at radius 2 is 1.73 bits per heavy atom. The molecule has 0 bridgehead atoms. The van der Waals surface area contributed by atoms with E-state index in [0.717, 1.165) is 38.4 Å². The van der Waals surface area contributed by atoms with Crippen LogP contribution in [0, 0.1) is 0 Å². The molecule has 0 saturated carbocycles. The molecule has 1 aromatic carbocycles. The Hall–Kier alpha value is -2.40. The molecule has 1 amide bonds. The van der Waals surface area contributed by atoms with Crippen molar-refractivity contribution < 1.29 is 4.79 Å². The number of hydrogen-bond donors (Lipinski definition) is 1. The molecule has 5 nitrogen and oxygen atoms in total. The maximum Gasteiger partial charge on any atom is 0.270 e. The van der Waals surface area contributed by atoms with Crippen molar-refractivity contribution in [2.45, 2.75) is 32.9 Å². The van der Waals surface area contributed by atoms with Crippen molar-refractivity contribution in [1.82, 2.24) is 15.2 Å². The second-order valence-electron chi connectivity index (χ2n) is 7.85. The number of nitrogens with zero attached hydrogens (tertiary/aromatic N) is 3. The van der Waals surface area contributed by atoms with Crippen LogP contribution in [-0.2, 0) is 6.54 Å². The summed E-state index contributed by atoms with van der Waals surface area (Å²) in [5.74, 6) is -0.128. The molecule has 1 aliphatic rings. The summed E-state index contributed by atoms with van der Waals surface area (Å²) in [5, 5.41) is 2.94. The number of hydrogen-bond acceptors (Lipinski definition) is 4. The third-order valence-corrected chi connectivity index (χ3v) is 4.46. The zero-order valence-electron chi connectivity index (χ0n) is 15.9. The summed E-state index contributed by atoms with van der Waals surface area (Å²) in [7, 11) is 0. The fraction of sp³-hybridized carbons (Fsp3) is 0.429. The lowest BCUT2D eigenvalue weighted by Gasteiger charge is -2.36. The van der Waals surface area contributed by atoms with Gasteiger partial charge in [0.05, 0.1) is 11.9 Å². The quantitative estimate of drug-likeness (QED) is 0.919.